The summed E-state index contributed by atoms with van der Waals surface area (Å²) in [6.45, 7) is 9.81. The normalized spacial score (nSPS) is 21.1. The summed E-state index contributed by atoms with van der Waals surface area (Å²) in [5.41, 5.74) is 0.332. The number of benzene rings is 1. The van der Waals surface area contributed by atoms with E-state index in [0.717, 1.165) is 44.5 Å². The molecule has 1 atom stereocenters. The van der Waals surface area contributed by atoms with Crippen molar-refractivity contribution in [1.82, 2.24) is 9.80 Å². The Morgan fingerprint density at radius 1 is 1.08 bits per heavy atom. The topological polar surface area (TPSA) is 40.6 Å². The van der Waals surface area contributed by atoms with Gasteiger partial charge in [-0.2, -0.15) is 0 Å². The van der Waals surface area contributed by atoms with E-state index in [1.807, 2.05) is 30.3 Å². The first-order chi connectivity index (χ1) is 11.6. The SMILES string of the molecule is CCCC1(c2ccccc2)CC(=O)N(CCCN(CC)CC)C1=O. The highest BCUT2D eigenvalue weighted by molar-refractivity contribution is 6.09. The van der Waals surface area contributed by atoms with Crippen molar-refractivity contribution in [3.63, 3.8) is 0 Å². The fourth-order valence-corrected chi connectivity index (χ4v) is 3.77. The van der Waals surface area contributed by atoms with Gasteiger partial charge < -0.3 is 4.90 Å². The third-order valence-electron chi connectivity index (χ3n) is 5.16. The Hall–Kier alpha value is -1.68. The Labute approximate surface area is 145 Å². The van der Waals surface area contributed by atoms with E-state index in [4.69, 9.17) is 0 Å². The molecule has 1 fully saturated rings. The van der Waals surface area contributed by atoms with Gasteiger partial charge in [-0.15, -0.1) is 0 Å². The minimum Gasteiger partial charge on any atom is -0.304 e. The highest BCUT2D eigenvalue weighted by Gasteiger charge is 2.51. The largest absolute Gasteiger partial charge is 0.304 e. The van der Waals surface area contributed by atoms with Gasteiger partial charge in [0.25, 0.3) is 0 Å². The van der Waals surface area contributed by atoms with Crippen molar-refractivity contribution in [2.24, 2.45) is 0 Å². The van der Waals surface area contributed by atoms with Gasteiger partial charge in [0.05, 0.1) is 5.41 Å². The van der Waals surface area contributed by atoms with E-state index in [0.29, 0.717) is 13.0 Å². The van der Waals surface area contributed by atoms with Gasteiger partial charge in [0.15, 0.2) is 0 Å². The number of nitrogens with zero attached hydrogens (tertiary/aromatic N) is 2. The number of amides is 2. The van der Waals surface area contributed by atoms with Crippen LogP contribution in [0.5, 0.6) is 0 Å². The van der Waals surface area contributed by atoms with Gasteiger partial charge in [-0.05, 0) is 38.0 Å². The van der Waals surface area contributed by atoms with Crippen molar-refractivity contribution in [3.8, 4) is 0 Å². The first-order valence-electron chi connectivity index (χ1n) is 9.21. The zero-order valence-corrected chi connectivity index (χ0v) is 15.3. The van der Waals surface area contributed by atoms with E-state index in [9.17, 15) is 9.59 Å². The molecular formula is C20H30N2O2. The van der Waals surface area contributed by atoms with Gasteiger partial charge >= 0.3 is 0 Å². The predicted octanol–water partition coefficient (Wildman–Crippen LogP) is 3.22. The lowest BCUT2D eigenvalue weighted by atomic mass is 9.75. The second kappa shape index (κ2) is 8.43. The summed E-state index contributed by atoms with van der Waals surface area (Å²) < 4.78 is 0. The van der Waals surface area contributed by atoms with Gasteiger partial charge in [0, 0.05) is 13.0 Å². The van der Waals surface area contributed by atoms with Crippen molar-refractivity contribution in [2.45, 2.75) is 51.9 Å². The number of imide groups is 1. The number of likely N-dealkylation sites (tertiary alicyclic amines) is 1. The molecule has 0 saturated carbocycles. The third-order valence-corrected chi connectivity index (χ3v) is 5.16. The minimum atomic E-state index is -0.651. The van der Waals surface area contributed by atoms with E-state index in [-0.39, 0.29) is 11.8 Å². The Morgan fingerprint density at radius 2 is 1.75 bits per heavy atom. The van der Waals surface area contributed by atoms with Crippen LogP contribution < -0.4 is 0 Å². The molecule has 1 aromatic carbocycles. The maximum absolute atomic E-state index is 13.1. The molecule has 24 heavy (non-hydrogen) atoms. The van der Waals surface area contributed by atoms with E-state index in [1.165, 1.54) is 4.90 Å². The predicted molar refractivity (Wildman–Crippen MR) is 96.8 cm³/mol. The second-order valence-electron chi connectivity index (χ2n) is 6.61. The van der Waals surface area contributed by atoms with Crippen molar-refractivity contribution < 1.29 is 9.59 Å². The molecule has 0 N–H and O–H groups in total. The smallest absolute Gasteiger partial charge is 0.240 e. The van der Waals surface area contributed by atoms with Gasteiger partial charge in [-0.3, -0.25) is 14.5 Å². The second-order valence-corrected chi connectivity index (χ2v) is 6.61. The van der Waals surface area contributed by atoms with Crippen LogP contribution in [-0.2, 0) is 15.0 Å². The lowest BCUT2D eigenvalue weighted by Gasteiger charge is -2.27. The zero-order chi connectivity index (χ0) is 17.6. The minimum absolute atomic E-state index is 0.0000898. The molecule has 0 aromatic heterocycles. The Kier molecular flexibility index (Phi) is 6.55. The average Bonchev–Trinajstić information content (AvgIpc) is 2.84. The highest BCUT2D eigenvalue weighted by Crippen LogP contribution is 2.40. The number of carbonyl (C=O) groups is 2. The van der Waals surface area contributed by atoms with Crippen LogP contribution in [0.15, 0.2) is 30.3 Å². The molecule has 1 aromatic rings. The first kappa shape index (κ1) is 18.7. The number of rotatable bonds is 9. The third kappa shape index (κ3) is 3.69. The summed E-state index contributed by atoms with van der Waals surface area (Å²) in [7, 11) is 0. The standard InChI is InChI=1S/C20H30N2O2/c1-4-13-20(17-11-8-7-9-12-17)16-18(23)22(19(20)24)15-10-14-21(5-2)6-3/h7-9,11-12H,4-6,10,13-16H2,1-3H3. The number of carbonyl (C=O) groups excluding carboxylic acids is 2. The van der Waals surface area contributed by atoms with Gasteiger partial charge in [-0.1, -0.05) is 57.5 Å². The van der Waals surface area contributed by atoms with Gasteiger partial charge in [-0.25, -0.2) is 0 Å². The molecule has 0 aliphatic carbocycles. The Morgan fingerprint density at radius 3 is 2.33 bits per heavy atom. The summed E-state index contributed by atoms with van der Waals surface area (Å²) in [6, 6.07) is 9.83. The molecule has 4 nitrogen and oxygen atoms in total. The molecule has 0 spiro atoms. The molecule has 0 bridgehead atoms. The molecule has 132 valence electrons. The van der Waals surface area contributed by atoms with Gasteiger partial charge in [0.1, 0.15) is 0 Å². The van der Waals surface area contributed by atoms with Crippen molar-refractivity contribution in [2.75, 3.05) is 26.2 Å². The van der Waals surface area contributed by atoms with E-state index in [1.54, 1.807) is 0 Å². The van der Waals surface area contributed by atoms with Crippen LogP contribution in [0, 0.1) is 0 Å². The quantitative estimate of drug-likeness (QED) is 0.653. The summed E-state index contributed by atoms with van der Waals surface area (Å²) in [5, 5.41) is 0. The van der Waals surface area contributed by atoms with Gasteiger partial charge in [0.2, 0.25) is 11.8 Å². The van der Waals surface area contributed by atoms with Crippen LogP contribution >= 0.6 is 0 Å². The number of hydrogen-bond acceptors (Lipinski definition) is 3. The van der Waals surface area contributed by atoms with Crippen LogP contribution in [-0.4, -0.2) is 47.8 Å². The monoisotopic (exact) mass is 330 g/mol. The fourth-order valence-electron chi connectivity index (χ4n) is 3.77. The fraction of sp³-hybridized carbons (Fsp3) is 0.600. The molecule has 1 aliphatic rings. The van der Waals surface area contributed by atoms with Crippen LogP contribution in [0.3, 0.4) is 0 Å². The van der Waals surface area contributed by atoms with Crippen LogP contribution in [0.1, 0.15) is 52.0 Å². The van der Waals surface area contributed by atoms with Crippen LogP contribution in [0.25, 0.3) is 0 Å². The maximum atomic E-state index is 13.1. The molecule has 2 rings (SSSR count). The summed E-state index contributed by atoms with van der Waals surface area (Å²) in [4.78, 5) is 29.5. The van der Waals surface area contributed by atoms with E-state index in [2.05, 4.69) is 25.7 Å². The van der Waals surface area contributed by atoms with E-state index < -0.39 is 5.41 Å². The molecular weight excluding hydrogens is 300 g/mol. The Balaban J connectivity index is 2.13. The molecule has 1 saturated heterocycles. The Bertz CT molecular complexity index is 554. The summed E-state index contributed by atoms with van der Waals surface area (Å²) in [5.74, 6) is -0.0167. The lowest BCUT2D eigenvalue weighted by Crippen LogP contribution is -2.39. The average molecular weight is 330 g/mol. The van der Waals surface area contributed by atoms with Crippen molar-refractivity contribution in [3.05, 3.63) is 35.9 Å². The van der Waals surface area contributed by atoms with E-state index >= 15 is 0 Å². The molecule has 1 aliphatic heterocycles. The van der Waals surface area contributed by atoms with Crippen molar-refractivity contribution >= 4 is 11.8 Å². The first-order valence-corrected chi connectivity index (χ1v) is 9.21. The number of hydrogen-bond donors (Lipinski definition) is 0. The molecule has 0 radical (unpaired) electrons. The van der Waals surface area contributed by atoms with Crippen LogP contribution in [0.4, 0.5) is 0 Å². The maximum Gasteiger partial charge on any atom is 0.240 e. The van der Waals surface area contributed by atoms with Crippen molar-refractivity contribution in [1.29, 1.82) is 0 Å². The van der Waals surface area contributed by atoms with Crippen LogP contribution in [0.2, 0.25) is 0 Å². The highest BCUT2D eigenvalue weighted by atomic mass is 16.2. The summed E-state index contributed by atoms with van der Waals surface area (Å²) >= 11 is 0. The molecule has 4 heteroatoms. The zero-order valence-electron chi connectivity index (χ0n) is 15.3. The molecule has 1 heterocycles. The summed E-state index contributed by atoms with van der Waals surface area (Å²) in [6.07, 6.45) is 2.78. The lowest BCUT2D eigenvalue weighted by molar-refractivity contribution is -0.140. The molecule has 2 amide bonds. The molecule has 1 unspecified atom stereocenters.